The molecule has 2 aromatic carbocycles. The Bertz CT molecular complexity index is 1010. The quantitative estimate of drug-likeness (QED) is 0.380. The van der Waals surface area contributed by atoms with Crippen LogP contribution in [0.15, 0.2) is 52.9 Å². The van der Waals surface area contributed by atoms with E-state index in [0.717, 1.165) is 11.4 Å². The van der Waals surface area contributed by atoms with Gasteiger partial charge in [-0.05, 0) is 38.1 Å². The van der Waals surface area contributed by atoms with E-state index in [1.807, 2.05) is 31.2 Å². The van der Waals surface area contributed by atoms with Crippen molar-refractivity contribution in [3.63, 3.8) is 0 Å². The van der Waals surface area contributed by atoms with E-state index in [9.17, 15) is 9.59 Å². The van der Waals surface area contributed by atoms with E-state index in [0.29, 0.717) is 27.3 Å². The standard InChI is InChI=1S/C20H20N4O3S2/c1-3-27-17-10-5-4-9-16(17)22-19-23-24-20(29-19)28-12-18(26)21-15-8-6-7-14(11-15)13(2)25/h4-11H,3,12H2,1-2H3,(H,21,26)(H,22,23). The molecule has 7 nitrogen and oxygen atoms in total. The van der Waals surface area contributed by atoms with Gasteiger partial charge >= 0.3 is 0 Å². The Balaban J connectivity index is 1.55. The molecular formula is C20H20N4O3S2. The number of benzene rings is 2. The van der Waals surface area contributed by atoms with Crippen LogP contribution in [0.2, 0.25) is 0 Å². The van der Waals surface area contributed by atoms with Crippen molar-refractivity contribution >= 4 is 51.3 Å². The Labute approximate surface area is 176 Å². The molecule has 1 aromatic heterocycles. The Hall–Kier alpha value is -2.91. The highest BCUT2D eigenvalue weighted by Gasteiger charge is 2.11. The number of amides is 1. The summed E-state index contributed by atoms with van der Waals surface area (Å²) in [6, 6.07) is 14.5. The van der Waals surface area contributed by atoms with Crippen molar-refractivity contribution in [1.29, 1.82) is 0 Å². The molecule has 150 valence electrons. The number of rotatable bonds is 9. The average Bonchev–Trinajstić information content (AvgIpc) is 3.16. The molecule has 0 radical (unpaired) electrons. The van der Waals surface area contributed by atoms with Gasteiger partial charge in [0.05, 0.1) is 18.0 Å². The lowest BCUT2D eigenvalue weighted by atomic mass is 10.1. The third-order valence-corrected chi connectivity index (χ3v) is 5.69. The van der Waals surface area contributed by atoms with Gasteiger partial charge in [0.1, 0.15) is 5.75 Å². The van der Waals surface area contributed by atoms with Crippen LogP contribution in [0.3, 0.4) is 0 Å². The maximum absolute atomic E-state index is 12.2. The molecule has 0 spiro atoms. The first kappa shape index (κ1) is 20.8. The molecule has 3 aromatic rings. The Morgan fingerprint density at radius 1 is 1.14 bits per heavy atom. The number of carbonyl (C=O) groups is 2. The minimum atomic E-state index is -0.179. The van der Waals surface area contributed by atoms with Gasteiger partial charge in [-0.1, -0.05) is 47.4 Å². The molecule has 0 saturated carbocycles. The lowest BCUT2D eigenvalue weighted by Gasteiger charge is -2.09. The summed E-state index contributed by atoms with van der Waals surface area (Å²) in [4.78, 5) is 23.6. The minimum absolute atomic E-state index is 0.0460. The van der Waals surface area contributed by atoms with Gasteiger partial charge in [0.15, 0.2) is 10.1 Å². The van der Waals surface area contributed by atoms with Crippen LogP contribution in [0.4, 0.5) is 16.5 Å². The van der Waals surface area contributed by atoms with Crippen molar-refractivity contribution in [2.24, 2.45) is 0 Å². The number of nitrogens with zero attached hydrogens (tertiary/aromatic N) is 2. The normalized spacial score (nSPS) is 10.4. The summed E-state index contributed by atoms with van der Waals surface area (Å²) in [5, 5.41) is 14.8. The van der Waals surface area contributed by atoms with Crippen LogP contribution < -0.4 is 15.4 Å². The molecule has 1 heterocycles. The van der Waals surface area contributed by atoms with E-state index < -0.39 is 0 Å². The van der Waals surface area contributed by atoms with Crippen LogP contribution in [0.25, 0.3) is 0 Å². The second kappa shape index (κ2) is 10.0. The zero-order valence-electron chi connectivity index (χ0n) is 16.0. The third kappa shape index (κ3) is 6.03. The number of ketones is 1. The van der Waals surface area contributed by atoms with E-state index in [2.05, 4.69) is 20.8 Å². The van der Waals surface area contributed by atoms with E-state index in [1.54, 1.807) is 24.3 Å². The highest BCUT2D eigenvalue weighted by Crippen LogP contribution is 2.31. The van der Waals surface area contributed by atoms with Gasteiger partial charge < -0.3 is 15.4 Å². The van der Waals surface area contributed by atoms with Crippen molar-refractivity contribution in [3.8, 4) is 5.75 Å². The first-order valence-corrected chi connectivity index (χ1v) is 10.7. The fourth-order valence-corrected chi connectivity index (χ4v) is 3.99. The Morgan fingerprint density at radius 3 is 2.76 bits per heavy atom. The van der Waals surface area contributed by atoms with Gasteiger partial charge in [0.25, 0.3) is 0 Å². The SMILES string of the molecule is CCOc1ccccc1Nc1nnc(SCC(=O)Nc2cccc(C(C)=O)c2)s1. The first-order valence-electron chi connectivity index (χ1n) is 8.91. The van der Waals surface area contributed by atoms with Gasteiger partial charge in [-0.3, -0.25) is 9.59 Å². The molecule has 0 fully saturated rings. The molecule has 0 aliphatic heterocycles. The smallest absolute Gasteiger partial charge is 0.234 e. The third-order valence-electron chi connectivity index (χ3n) is 3.71. The lowest BCUT2D eigenvalue weighted by molar-refractivity contribution is -0.113. The molecule has 9 heteroatoms. The number of ether oxygens (including phenoxy) is 1. The molecule has 0 bridgehead atoms. The zero-order valence-corrected chi connectivity index (χ0v) is 17.6. The lowest BCUT2D eigenvalue weighted by Crippen LogP contribution is -2.14. The molecular weight excluding hydrogens is 408 g/mol. The van der Waals surface area contributed by atoms with Gasteiger partial charge in [-0.2, -0.15) is 0 Å². The number of carbonyl (C=O) groups excluding carboxylic acids is 2. The summed E-state index contributed by atoms with van der Waals surface area (Å²) < 4.78 is 6.26. The second-order valence-corrected chi connectivity index (χ2v) is 8.10. The van der Waals surface area contributed by atoms with Gasteiger partial charge in [0, 0.05) is 11.3 Å². The summed E-state index contributed by atoms with van der Waals surface area (Å²) in [5.41, 5.74) is 1.96. The van der Waals surface area contributed by atoms with Crippen LogP contribution >= 0.6 is 23.1 Å². The van der Waals surface area contributed by atoms with Crippen molar-refractivity contribution in [3.05, 3.63) is 54.1 Å². The first-order chi connectivity index (χ1) is 14.0. The van der Waals surface area contributed by atoms with Crippen LogP contribution in [0.5, 0.6) is 5.75 Å². The van der Waals surface area contributed by atoms with Crippen LogP contribution in [0.1, 0.15) is 24.2 Å². The Kier molecular flexibility index (Phi) is 7.20. The molecule has 29 heavy (non-hydrogen) atoms. The molecule has 2 N–H and O–H groups in total. The molecule has 1 amide bonds. The number of nitrogens with one attached hydrogen (secondary N) is 2. The number of Topliss-reactive ketones (excluding diaryl/α,β-unsaturated/α-hetero) is 1. The largest absolute Gasteiger partial charge is 0.492 e. The summed E-state index contributed by atoms with van der Waals surface area (Å²) in [6.07, 6.45) is 0. The fourth-order valence-electron chi connectivity index (χ4n) is 2.43. The topological polar surface area (TPSA) is 93.2 Å². The maximum atomic E-state index is 12.2. The molecule has 3 rings (SSSR count). The average molecular weight is 429 g/mol. The van der Waals surface area contributed by atoms with Gasteiger partial charge in [-0.25, -0.2) is 0 Å². The number of thioether (sulfide) groups is 1. The molecule has 0 atom stereocenters. The number of anilines is 3. The highest BCUT2D eigenvalue weighted by atomic mass is 32.2. The van der Waals surface area contributed by atoms with Crippen LogP contribution in [-0.2, 0) is 4.79 Å². The van der Waals surface area contributed by atoms with Gasteiger partial charge in [0.2, 0.25) is 11.0 Å². The van der Waals surface area contributed by atoms with Crippen molar-refractivity contribution in [2.45, 2.75) is 18.2 Å². The van der Waals surface area contributed by atoms with Gasteiger partial charge in [-0.15, -0.1) is 10.2 Å². The number of aromatic nitrogens is 2. The molecule has 0 unspecified atom stereocenters. The van der Waals surface area contributed by atoms with Crippen molar-refractivity contribution < 1.29 is 14.3 Å². The summed E-state index contributed by atoms with van der Waals surface area (Å²) in [6.45, 7) is 3.99. The minimum Gasteiger partial charge on any atom is -0.492 e. The zero-order chi connectivity index (χ0) is 20.6. The molecule has 0 saturated heterocycles. The highest BCUT2D eigenvalue weighted by molar-refractivity contribution is 8.01. The number of hydrogen-bond acceptors (Lipinski definition) is 8. The van der Waals surface area contributed by atoms with E-state index in [1.165, 1.54) is 30.0 Å². The van der Waals surface area contributed by atoms with E-state index in [4.69, 9.17) is 4.74 Å². The van der Waals surface area contributed by atoms with Crippen molar-refractivity contribution in [1.82, 2.24) is 10.2 Å². The fraction of sp³-hybridized carbons (Fsp3) is 0.200. The van der Waals surface area contributed by atoms with E-state index >= 15 is 0 Å². The summed E-state index contributed by atoms with van der Waals surface area (Å²) >= 11 is 2.66. The molecule has 0 aliphatic carbocycles. The van der Waals surface area contributed by atoms with Crippen LogP contribution in [-0.4, -0.2) is 34.2 Å². The molecule has 0 aliphatic rings. The summed E-state index contributed by atoms with van der Waals surface area (Å²) in [5.74, 6) is 0.706. The van der Waals surface area contributed by atoms with Crippen LogP contribution in [0, 0.1) is 0 Å². The monoisotopic (exact) mass is 428 g/mol. The van der Waals surface area contributed by atoms with Crippen molar-refractivity contribution in [2.75, 3.05) is 23.0 Å². The maximum Gasteiger partial charge on any atom is 0.234 e. The number of hydrogen-bond donors (Lipinski definition) is 2. The second-order valence-electron chi connectivity index (χ2n) is 5.90. The number of para-hydroxylation sites is 2. The predicted molar refractivity (Wildman–Crippen MR) is 117 cm³/mol. The Morgan fingerprint density at radius 2 is 1.97 bits per heavy atom. The van der Waals surface area contributed by atoms with E-state index in [-0.39, 0.29) is 17.4 Å². The predicted octanol–water partition coefficient (Wildman–Crippen LogP) is 4.61. The summed E-state index contributed by atoms with van der Waals surface area (Å²) in [7, 11) is 0.